The molecule has 1 fully saturated rings. The van der Waals surface area contributed by atoms with Crippen molar-refractivity contribution in [3.63, 3.8) is 0 Å². The average molecular weight is 315 g/mol. The van der Waals surface area contributed by atoms with Gasteiger partial charge in [0.15, 0.2) is 0 Å². The van der Waals surface area contributed by atoms with E-state index in [1.54, 1.807) is 12.1 Å². The van der Waals surface area contributed by atoms with E-state index in [1.807, 2.05) is 0 Å². The fraction of sp³-hybridized carbons (Fsp3) is 0.625. The van der Waals surface area contributed by atoms with E-state index in [1.165, 1.54) is 6.07 Å². The van der Waals surface area contributed by atoms with Crippen LogP contribution in [-0.4, -0.2) is 53.7 Å². The molecule has 0 saturated carbocycles. The highest BCUT2D eigenvalue weighted by molar-refractivity contribution is 6.31. The van der Waals surface area contributed by atoms with Crippen molar-refractivity contribution in [1.29, 1.82) is 0 Å². The fourth-order valence-corrected chi connectivity index (χ4v) is 3.51. The molecule has 0 aromatic heterocycles. The highest BCUT2D eigenvalue weighted by Crippen LogP contribution is 2.32. The molecule has 2 atom stereocenters. The van der Waals surface area contributed by atoms with E-state index in [9.17, 15) is 9.50 Å². The number of hydrogen-bond acceptors (Lipinski definition) is 3. The quantitative estimate of drug-likeness (QED) is 0.905. The van der Waals surface area contributed by atoms with Crippen molar-refractivity contribution in [1.82, 2.24) is 9.80 Å². The van der Waals surface area contributed by atoms with Crippen molar-refractivity contribution in [3.05, 3.63) is 34.6 Å². The van der Waals surface area contributed by atoms with Gasteiger partial charge in [-0.2, -0.15) is 0 Å². The minimum Gasteiger partial charge on any atom is -0.394 e. The highest BCUT2D eigenvalue weighted by atomic mass is 35.5. The number of aliphatic hydroxyl groups excluding tert-OH is 1. The van der Waals surface area contributed by atoms with Crippen molar-refractivity contribution >= 4 is 11.6 Å². The van der Waals surface area contributed by atoms with Crippen molar-refractivity contribution in [3.8, 4) is 0 Å². The van der Waals surface area contributed by atoms with Gasteiger partial charge in [-0.05, 0) is 32.0 Å². The van der Waals surface area contributed by atoms with Crippen LogP contribution >= 0.6 is 11.6 Å². The van der Waals surface area contributed by atoms with Crippen LogP contribution < -0.4 is 0 Å². The van der Waals surface area contributed by atoms with Crippen molar-refractivity contribution in [2.24, 2.45) is 0 Å². The van der Waals surface area contributed by atoms with Gasteiger partial charge in [0, 0.05) is 36.3 Å². The maximum Gasteiger partial charge on any atom is 0.129 e. The van der Waals surface area contributed by atoms with Crippen LogP contribution in [-0.2, 0) is 0 Å². The summed E-state index contributed by atoms with van der Waals surface area (Å²) in [5, 5.41) is 10.2. The molecule has 21 heavy (non-hydrogen) atoms. The van der Waals surface area contributed by atoms with E-state index in [0.29, 0.717) is 10.6 Å². The molecule has 118 valence electrons. The Morgan fingerprint density at radius 3 is 2.76 bits per heavy atom. The molecule has 2 rings (SSSR count). The molecule has 0 amide bonds. The van der Waals surface area contributed by atoms with Crippen molar-refractivity contribution in [2.75, 3.05) is 32.8 Å². The van der Waals surface area contributed by atoms with Crippen LogP contribution in [0, 0.1) is 5.82 Å². The third-order valence-electron chi connectivity index (χ3n) is 4.21. The van der Waals surface area contributed by atoms with Gasteiger partial charge in [0.1, 0.15) is 5.82 Å². The largest absolute Gasteiger partial charge is 0.394 e. The number of hydrogen-bond donors (Lipinski definition) is 1. The van der Waals surface area contributed by atoms with Gasteiger partial charge in [-0.15, -0.1) is 0 Å². The Bertz CT molecular complexity index is 451. The summed E-state index contributed by atoms with van der Waals surface area (Å²) in [6.07, 6.45) is 1.13. The van der Waals surface area contributed by atoms with Crippen LogP contribution in [0.3, 0.4) is 0 Å². The van der Waals surface area contributed by atoms with Gasteiger partial charge in [0.05, 0.1) is 12.6 Å². The van der Waals surface area contributed by atoms with E-state index in [4.69, 9.17) is 11.6 Å². The maximum absolute atomic E-state index is 14.1. The van der Waals surface area contributed by atoms with E-state index in [0.717, 1.165) is 32.6 Å². The summed E-state index contributed by atoms with van der Waals surface area (Å²) in [6.45, 7) is 7.96. The van der Waals surface area contributed by atoms with E-state index in [2.05, 4.69) is 23.6 Å². The summed E-state index contributed by atoms with van der Waals surface area (Å²) in [5.74, 6) is -0.343. The molecule has 5 heteroatoms. The highest BCUT2D eigenvalue weighted by Gasteiger charge is 2.32. The number of nitrogens with zero attached hydrogens (tertiary/aromatic N) is 2. The van der Waals surface area contributed by atoms with Crippen LogP contribution in [0.15, 0.2) is 18.2 Å². The standard InChI is InChI=1S/C16H24ClFN2O/c1-3-7-19-8-9-20(12(2)10-19)15(11-21)16-13(17)5-4-6-14(16)18/h4-6,12,15,21H,3,7-11H2,1-2H3. The summed E-state index contributed by atoms with van der Waals surface area (Å²) < 4.78 is 14.1. The first-order valence-corrected chi connectivity index (χ1v) is 7.99. The molecule has 1 aromatic rings. The predicted octanol–water partition coefficient (Wildman–Crippen LogP) is 2.93. The molecule has 2 unspecified atom stereocenters. The Kier molecular flexibility index (Phi) is 5.99. The van der Waals surface area contributed by atoms with Gasteiger partial charge in [0.25, 0.3) is 0 Å². The summed E-state index contributed by atoms with van der Waals surface area (Å²) >= 11 is 6.16. The molecule has 0 aliphatic carbocycles. The molecule has 1 aliphatic heterocycles. The normalized spacial score (nSPS) is 22.4. The first-order valence-electron chi connectivity index (χ1n) is 7.61. The molecular weight excluding hydrogens is 291 g/mol. The molecule has 1 aliphatic rings. The van der Waals surface area contributed by atoms with Gasteiger partial charge in [-0.1, -0.05) is 24.6 Å². The first-order chi connectivity index (χ1) is 10.1. The lowest BCUT2D eigenvalue weighted by atomic mass is 10.0. The second-order valence-electron chi connectivity index (χ2n) is 5.72. The zero-order valence-corrected chi connectivity index (χ0v) is 13.5. The van der Waals surface area contributed by atoms with Gasteiger partial charge < -0.3 is 10.0 Å². The van der Waals surface area contributed by atoms with Crippen molar-refractivity contribution < 1.29 is 9.50 Å². The summed E-state index contributed by atoms with van der Waals surface area (Å²) in [5.41, 5.74) is 0.414. The Labute approximate surface area is 131 Å². The number of benzene rings is 1. The lowest BCUT2D eigenvalue weighted by Gasteiger charge is -2.43. The second-order valence-corrected chi connectivity index (χ2v) is 6.13. The molecular formula is C16H24ClFN2O. The molecule has 1 N–H and O–H groups in total. The van der Waals surface area contributed by atoms with E-state index >= 15 is 0 Å². The Morgan fingerprint density at radius 2 is 2.19 bits per heavy atom. The van der Waals surface area contributed by atoms with Crippen molar-refractivity contribution in [2.45, 2.75) is 32.4 Å². The predicted molar refractivity (Wildman–Crippen MR) is 84.1 cm³/mol. The van der Waals surface area contributed by atoms with Crippen LogP contribution in [0.25, 0.3) is 0 Å². The Balaban J connectivity index is 2.19. The molecule has 0 spiro atoms. The third kappa shape index (κ3) is 3.75. The Hall–Kier alpha value is -0.680. The molecule has 0 bridgehead atoms. The van der Waals surface area contributed by atoms with Crippen LogP contribution in [0.1, 0.15) is 31.9 Å². The topological polar surface area (TPSA) is 26.7 Å². The van der Waals surface area contributed by atoms with E-state index in [-0.39, 0.29) is 24.5 Å². The minimum absolute atomic E-state index is 0.126. The van der Waals surface area contributed by atoms with Crippen LogP contribution in [0.4, 0.5) is 4.39 Å². The monoisotopic (exact) mass is 314 g/mol. The number of halogens is 2. The van der Waals surface area contributed by atoms with Crippen LogP contribution in [0.5, 0.6) is 0 Å². The number of piperazine rings is 1. The number of aliphatic hydroxyl groups is 1. The smallest absolute Gasteiger partial charge is 0.129 e. The lowest BCUT2D eigenvalue weighted by Crippen LogP contribution is -2.53. The Morgan fingerprint density at radius 1 is 1.43 bits per heavy atom. The van der Waals surface area contributed by atoms with Gasteiger partial charge in [0.2, 0.25) is 0 Å². The summed E-state index contributed by atoms with van der Waals surface area (Å²) in [4.78, 5) is 4.58. The van der Waals surface area contributed by atoms with E-state index < -0.39 is 0 Å². The second kappa shape index (κ2) is 7.54. The van der Waals surface area contributed by atoms with Gasteiger partial charge in [-0.3, -0.25) is 4.90 Å². The summed E-state index contributed by atoms with van der Waals surface area (Å²) in [7, 11) is 0. The molecule has 1 heterocycles. The molecule has 1 saturated heterocycles. The minimum atomic E-state index is -0.377. The number of rotatable bonds is 5. The zero-order chi connectivity index (χ0) is 15.4. The maximum atomic E-state index is 14.1. The lowest BCUT2D eigenvalue weighted by molar-refractivity contribution is 0.0240. The average Bonchev–Trinajstić information content (AvgIpc) is 2.44. The first kappa shape index (κ1) is 16.7. The third-order valence-corrected chi connectivity index (χ3v) is 4.54. The van der Waals surface area contributed by atoms with Crippen LogP contribution in [0.2, 0.25) is 5.02 Å². The zero-order valence-electron chi connectivity index (χ0n) is 12.7. The van der Waals surface area contributed by atoms with Gasteiger partial charge in [-0.25, -0.2) is 4.39 Å². The van der Waals surface area contributed by atoms with Gasteiger partial charge >= 0.3 is 0 Å². The molecule has 1 aromatic carbocycles. The summed E-state index contributed by atoms with van der Waals surface area (Å²) in [6, 6.07) is 4.57. The SMILES string of the molecule is CCCN1CCN(C(CO)c2c(F)cccc2Cl)C(C)C1. The fourth-order valence-electron chi connectivity index (χ4n) is 3.22. The molecule has 3 nitrogen and oxygen atoms in total. The molecule has 0 radical (unpaired) electrons.